The van der Waals surface area contributed by atoms with Gasteiger partial charge in [0.2, 0.25) is 0 Å². The van der Waals surface area contributed by atoms with Crippen LogP contribution >= 0.6 is 15.9 Å². The minimum atomic E-state index is -0.284. The van der Waals surface area contributed by atoms with E-state index < -0.39 is 0 Å². The van der Waals surface area contributed by atoms with Crippen molar-refractivity contribution >= 4 is 21.8 Å². The Morgan fingerprint density at radius 1 is 1.23 bits per heavy atom. The van der Waals surface area contributed by atoms with Gasteiger partial charge in [0.15, 0.2) is 21.9 Å². The normalized spacial score (nSPS) is 14.1. The van der Waals surface area contributed by atoms with E-state index in [0.717, 1.165) is 42.0 Å². The number of amides is 1. The first-order valence-corrected chi connectivity index (χ1v) is 11.7. The number of aryl methyl sites for hydroxylation is 1. The Balaban J connectivity index is 2.05. The molecule has 0 fully saturated rings. The predicted molar refractivity (Wildman–Crippen MR) is 127 cm³/mol. The number of benzene rings is 1. The van der Waals surface area contributed by atoms with Gasteiger partial charge in [-0.05, 0) is 80.4 Å². The van der Waals surface area contributed by atoms with Gasteiger partial charge in [0.05, 0.1) is 24.6 Å². The smallest absolute Gasteiger partial charge is 0.274 e. The summed E-state index contributed by atoms with van der Waals surface area (Å²) in [5.74, 6) is 1.92. The predicted octanol–water partition coefficient (Wildman–Crippen LogP) is 5.43. The number of fused-ring (bicyclic) bond motifs is 3. The van der Waals surface area contributed by atoms with Gasteiger partial charge in [0, 0.05) is 18.7 Å². The quantitative estimate of drug-likeness (QED) is 0.540. The number of ether oxygens (including phenoxy) is 2. The molecule has 3 rings (SSSR count). The third kappa shape index (κ3) is 4.76. The Hall–Kier alpha value is -2.02. The lowest BCUT2D eigenvalue weighted by molar-refractivity contribution is 0.0648. The Labute approximate surface area is 194 Å². The number of carbonyl (C=O) groups is 1. The number of hydrogen-bond donors (Lipinski definition) is 0. The monoisotopic (exact) mass is 491 g/mol. The maximum absolute atomic E-state index is 13.2. The Morgan fingerprint density at radius 2 is 1.90 bits per heavy atom. The molecule has 0 N–H and O–H groups in total. The summed E-state index contributed by atoms with van der Waals surface area (Å²) in [6, 6.07) is 4.06. The van der Waals surface area contributed by atoms with E-state index in [9.17, 15) is 4.79 Å². The van der Waals surface area contributed by atoms with Crippen molar-refractivity contribution in [3.05, 3.63) is 33.8 Å². The topological polar surface area (TPSA) is 56.6 Å². The maximum atomic E-state index is 13.2. The summed E-state index contributed by atoms with van der Waals surface area (Å²) in [5.41, 5.74) is 3.27. The largest absolute Gasteiger partial charge is 0.493 e. The zero-order valence-electron chi connectivity index (χ0n) is 19.9. The van der Waals surface area contributed by atoms with Crippen molar-refractivity contribution in [3.8, 4) is 17.2 Å². The second kappa shape index (κ2) is 8.85. The third-order valence-electron chi connectivity index (χ3n) is 5.81. The lowest BCUT2D eigenvalue weighted by atomic mass is 9.99. The lowest BCUT2D eigenvalue weighted by Crippen LogP contribution is -2.43. The van der Waals surface area contributed by atoms with Crippen molar-refractivity contribution in [1.29, 1.82) is 0 Å². The van der Waals surface area contributed by atoms with Crippen molar-refractivity contribution in [2.24, 2.45) is 5.92 Å². The van der Waals surface area contributed by atoms with Gasteiger partial charge in [0.25, 0.3) is 5.91 Å². The van der Waals surface area contributed by atoms with Crippen LogP contribution in [0.4, 0.5) is 0 Å². The van der Waals surface area contributed by atoms with E-state index in [0.29, 0.717) is 22.1 Å². The molecule has 170 valence electrons. The fourth-order valence-electron chi connectivity index (χ4n) is 3.97. The zero-order chi connectivity index (χ0) is 23.1. The van der Waals surface area contributed by atoms with E-state index in [1.165, 1.54) is 0 Å². The SMILES string of the molecule is COc1cc2c(cc1OC(C)CC(C)C)-n1c(Br)nc(C(=O)N(C)C(C)(C)C)c1CC2. The van der Waals surface area contributed by atoms with E-state index in [4.69, 9.17) is 9.47 Å². The van der Waals surface area contributed by atoms with Gasteiger partial charge in [-0.3, -0.25) is 9.36 Å². The van der Waals surface area contributed by atoms with Crippen molar-refractivity contribution in [3.63, 3.8) is 0 Å². The van der Waals surface area contributed by atoms with Crippen LogP contribution in [0.25, 0.3) is 5.69 Å². The molecule has 1 atom stereocenters. The van der Waals surface area contributed by atoms with Crippen LogP contribution in [0.5, 0.6) is 11.5 Å². The van der Waals surface area contributed by atoms with Crippen molar-refractivity contribution < 1.29 is 14.3 Å². The fourth-order valence-corrected chi connectivity index (χ4v) is 4.55. The van der Waals surface area contributed by atoms with Crippen LogP contribution < -0.4 is 9.47 Å². The minimum Gasteiger partial charge on any atom is -0.493 e. The highest BCUT2D eigenvalue weighted by molar-refractivity contribution is 9.10. The number of nitrogens with zero attached hydrogens (tertiary/aromatic N) is 3. The second-order valence-electron chi connectivity index (χ2n) is 9.74. The summed E-state index contributed by atoms with van der Waals surface area (Å²) in [5, 5.41) is 0. The molecule has 0 bridgehead atoms. The Kier molecular flexibility index (Phi) is 6.75. The summed E-state index contributed by atoms with van der Waals surface area (Å²) < 4.78 is 14.5. The van der Waals surface area contributed by atoms with Crippen LogP contribution in [0.3, 0.4) is 0 Å². The molecule has 7 heteroatoms. The number of rotatable bonds is 6. The Bertz CT molecular complexity index is 975. The molecule has 1 aromatic heterocycles. The van der Waals surface area contributed by atoms with Gasteiger partial charge in [-0.15, -0.1) is 0 Å². The van der Waals surface area contributed by atoms with Gasteiger partial charge < -0.3 is 14.4 Å². The van der Waals surface area contributed by atoms with Gasteiger partial charge in [-0.1, -0.05) is 13.8 Å². The number of hydrogen-bond acceptors (Lipinski definition) is 4. The first kappa shape index (κ1) is 23.6. The average molecular weight is 492 g/mol. The molecule has 0 spiro atoms. The van der Waals surface area contributed by atoms with E-state index in [1.54, 1.807) is 12.0 Å². The van der Waals surface area contributed by atoms with Crippen LogP contribution in [0, 0.1) is 5.92 Å². The van der Waals surface area contributed by atoms with Gasteiger partial charge in [0.1, 0.15) is 0 Å². The molecule has 6 nitrogen and oxygen atoms in total. The number of carbonyl (C=O) groups excluding carboxylic acids is 1. The van der Waals surface area contributed by atoms with Crippen molar-refractivity contribution in [1.82, 2.24) is 14.5 Å². The average Bonchev–Trinajstić information content (AvgIpc) is 3.01. The van der Waals surface area contributed by atoms with Crippen molar-refractivity contribution in [2.45, 2.75) is 72.4 Å². The first-order chi connectivity index (χ1) is 14.4. The maximum Gasteiger partial charge on any atom is 0.274 e. The lowest BCUT2D eigenvalue weighted by Gasteiger charge is -2.32. The van der Waals surface area contributed by atoms with Gasteiger partial charge in [-0.2, -0.15) is 0 Å². The zero-order valence-corrected chi connectivity index (χ0v) is 21.5. The summed E-state index contributed by atoms with van der Waals surface area (Å²) in [6.07, 6.45) is 2.57. The third-order valence-corrected chi connectivity index (χ3v) is 6.35. The molecule has 0 radical (unpaired) electrons. The summed E-state index contributed by atoms with van der Waals surface area (Å²) in [4.78, 5) is 19.5. The molecule has 0 saturated carbocycles. The molecule has 0 saturated heterocycles. The standard InChI is InChI=1S/C24H34BrN3O3/c1-14(2)11-15(3)31-20-13-18-16(12-19(20)30-8)9-10-17-21(26-23(25)28(17)18)22(29)27(7)24(4,5)6/h12-15H,9-11H2,1-8H3. The fraction of sp³-hybridized carbons (Fsp3) is 0.583. The van der Waals surface area contributed by atoms with Crippen LogP contribution in [0.1, 0.15) is 69.7 Å². The van der Waals surface area contributed by atoms with Crippen LogP contribution in [-0.4, -0.2) is 46.2 Å². The molecule has 0 aliphatic carbocycles. The van der Waals surface area contributed by atoms with Crippen molar-refractivity contribution in [2.75, 3.05) is 14.2 Å². The van der Waals surface area contributed by atoms with E-state index >= 15 is 0 Å². The van der Waals surface area contributed by atoms with Crippen LogP contribution in [-0.2, 0) is 12.8 Å². The molecule has 2 aromatic rings. The summed E-state index contributed by atoms with van der Waals surface area (Å²) >= 11 is 3.59. The van der Waals surface area contributed by atoms with Crippen LogP contribution in [0.15, 0.2) is 16.9 Å². The Morgan fingerprint density at radius 3 is 2.48 bits per heavy atom. The second-order valence-corrected chi connectivity index (χ2v) is 10.4. The van der Waals surface area contributed by atoms with E-state index in [-0.39, 0.29) is 17.6 Å². The molecular formula is C24H34BrN3O3. The molecule has 31 heavy (non-hydrogen) atoms. The molecule has 1 unspecified atom stereocenters. The summed E-state index contributed by atoms with van der Waals surface area (Å²) in [6.45, 7) is 12.5. The molecule has 2 heterocycles. The van der Waals surface area contributed by atoms with E-state index in [1.807, 2.05) is 44.5 Å². The number of aromatic nitrogens is 2. The number of halogens is 1. The minimum absolute atomic E-state index is 0.0683. The molecule has 1 aromatic carbocycles. The first-order valence-electron chi connectivity index (χ1n) is 10.9. The van der Waals surface area contributed by atoms with Gasteiger partial charge >= 0.3 is 0 Å². The molecule has 1 amide bonds. The van der Waals surface area contributed by atoms with Crippen LogP contribution in [0.2, 0.25) is 0 Å². The highest BCUT2D eigenvalue weighted by Crippen LogP contribution is 2.39. The number of imidazole rings is 1. The van der Waals surface area contributed by atoms with E-state index in [2.05, 4.69) is 41.7 Å². The highest BCUT2D eigenvalue weighted by Gasteiger charge is 2.32. The molecule has 1 aliphatic heterocycles. The molecular weight excluding hydrogens is 458 g/mol. The highest BCUT2D eigenvalue weighted by atomic mass is 79.9. The van der Waals surface area contributed by atoms with Gasteiger partial charge in [-0.25, -0.2) is 4.98 Å². The number of methoxy groups -OCH3 is 1. The molecule has 1 aliphatic rings. The summed E-state index contributed by atoms with van der Waals surface area (Å²) in [7, 11) is 3.49.